The van der Waals surface area contributed by atoms with Crippen LogP contribution in [-0.4, -0.2) is 25.7 Å². The molecule has 0 bridgehead atoms. The molecule has 2 heteroatoms. The summed E-state index contributed by atoms with van der Waals surface area (Å²) >= 11 is 0. The van der Waals surface area contributed by atoms with Crippen molar-refractivity contribution in [1.82, 2.24) is 10.6 Å². The summed E-state index contributed by atoms with van der Waals surface area (Å²) in [7, 11) is 0. The maximum Gasteiger partial charge on any atom is 0.00683 e. The fourth-order valence-electron chi connectivity index (χ4n) is 1.51. The first-order valence-electron chi connectivity index (χ1n) is 4.39. The van der Waals surface area contributed by atoms with E-state index in [2.05, 4.69) is 10.6 Å². The van der Waals surface area contributed by atoms with Gasteiger partial charge in [-0.2, -0.15) is 0 Å². The van der Waals surface area contributed by atoms with Crippen molar-refractivity contribution in [3.05, 3.63) is 0 Å². The molecule has 0 aromatic carbocycles. The molecule has 1 atom stereocenters. The first-order chi connectivity index (χ1) is 4.95. The minimum absolute atomic E-state index is 0.889. The van der Waals surface area contributed by atoms with E-state index >= 15 is 0 Å². The Labute approximate surface area is 62.4 Å². The van der Waals surface area contributed by atoms with Crippen molar-refractivity contribution in [2.45, 2.75) is 25.3 Å². The predicted molar refractivity (Wildman–Crippen MR) is 42.0 cm³/mol. The first kappa shape index (κ1) is 6.62. The van der Waals surface area contributed by atoms with Gasteiger partial charge in [0.2, 0.25) is 0 Å². The van der Waals surface area contributed by atoms with Gasteiger partial charge in [0.1, 0.15) is 0 Å². The van der Waals surface area contributed by atoms with Crippen LogP contribution in [0.25, 0.3) is 0 Å². The van der Waals surface area contributed by atoms with Gasteiger partial charge in [0, 0.05) is 6.04 Å². The molecular weight excluding hydrogens is 124 g/mol. The normalized spacial score (nSPS) is 33.0. The molecule has 0 amide bonds. The van der Waals surface area contributed by atoms with Gasteiger partial charge in [-0.25, -0.2) is 0 Å². The largest absolute Gasteiger partial charge is 0.316 e. The van der Waals surface area contributed by atoms with E-state index in [4.69, 9.17) is 0 Å². The summed E-state index contributed by atoms with van der Waals surface area (Å²) in [6, 6.07) is 0.889. The highest BCUT2D eigenvalue weighted by atomic mass is 15.0. The lowest BCUT2D eigenvalue weighted by molar-refractivity contribution is 0.511. The van der Waals surface area contributed by atoms with E-state index in [0.29, 0.717) is 0 Å². The number of hydrogen-bond acceptors (Lipinski definition) is 2. The molecule has 2 aliphatic rings. The minimum atomic E-state index is 0.889. The average molecular weight is 140 g/mol. The molecule has 0 radical (unpaired) electrons. The van der Waals surface area contributed by atoms with Crippen LogP contribution in [0.1, 0.15) is 19.3 Å². The van der Waals surface area contributed by atoms with Crippen molar-refractivity contribution in [3.63, 3.8) is 0 Å². The van der Waals surface area contributed by atoms with Gasteiger partial charge in [-0.05, 0) is 44.8 Å². The SMILES string of the molecule is C1C[C@H](CNC2CC2)CN1. The Kier molecular flexibility index (Phi) is 1.91. The zero-order chi connectivity index (χ0) is 6.81. The molecule has 1 aliphatic carbocycles. The summed E-state index contributed by atoms with van der Waals surface area (Å²) in [5.41, 5.74) is 0. The molecule has 0 spiro atoms. The third-order valence-electron chi connectivity index (χ3n) is 2.43. The Bertz CT molecular complexity index is 104. The highest BCUT2D eigenvalue weighted by Gasteiger charge is 2.22. The van der Waals surface area contributed by atoms with Crippen LogP contribution < -0.4 is 10.6 Å². The molecule has 0 aromatic heterocycles. The monoisotopic (exact) mass is 140 g/mol. The number of rotatable bonds is 3. The Morgan fingerprint density at radius 3 is 2.80 bits per heavy atom. The van der Waals surface area contributed by atoms with Crippen LogP contribution in [0.15, 0.2) is 0 Å². The number of nitrogens with one attached hydrogen (secondary N) is 2. The standard InChI is InChI=1S/C8H16N2/c1-2-8(1)10-6-7-3-4-9-5-7/h7-10H,1-6H2/t7-/m0/s1. The molecule has 0 aromatic rings. The summed E-state index contributed by atoms with van der Waals surface area (Å²) in [6.07, 6.45) is 4.21. The van der Waals surface area contributed by atoms with Crippen LogP contribution in [0.2, 0.25) is 0 Å². The Morgan fingerprint density at radius 2 is 2.20 bits per heavy atom. The molecule has 2 nitrogen and oxygen atoms in total. The van der Waals surface area contributed by atoms with Crippen LogP contribution in [0.3, 0.4) is 0 Å². The van der Waals surface area contributed by atoms with E-state index in [0.717, 1.165) is 12.0 Å². The summed E-state index contributed by atoms with van der Waals surface area (Å²) in [4.78, 5) is 0. The molecule has 1 saturated heterocycles. The van der Waals surface area contributed by atoms with E-state index < -0.39 is 0 Å². The van der Waals surface area contributed by atoms with E-state index in [1.54, 1.807) is 0 Å². The fraction of sp³-hybridized carbons (Fsp3) is 1.00. The Balaban J connectivity index is 1.59. The molecule has 0 unspecified atom stereocenters. The van der Waals surface area contributed by atoms with E-state index in [-0.39, 0.29) is 0 Å². The smallest absolute Gasteiger partial charge is 0.00683 e. The minimum Gasteiger partial charge on any atom is -0.316 e. The molecular formula is C8H16N2. The topological polar surface area (TPSA) is 24.1 Å². The summed E-state index contributed by atoms with van der Waals surface area (Å²) < 4.78 is 0. The average Bonchev–Trinajstić information content (AvgIpc) is 2.63. The highest BCUT2D eigenvalue weighted by Crippen LogP contribution is 2.19. The van der Waals surface area contributed by atoms with Gasteiger partial charge in [0.15, 0.2) is 0 Å². The van der Waals surface area contributed by atoms with Crippen molar-refractivity contribution < 1.29 is 0 Å². The number of hydrogen-bond donors (Lipinski definition) is 2. The highest BCUT2D eigenvalue weighted by molar-refractivity contribution is 4.83. The second-order valence-corrected chi connectivity index (χ2v) is 3.54. The third kappa shape index (κ3) is 1.70. The quantitative estimate of drug-likeness (QED) is 0.591. The first-order valence-corrected chi connectivity index (χ1v) is 4.39. The molecule has 1 heterocycles. The van der Waals surface area contributed by atoms with Crippen molar-refractivity contribution in [2.24, 2.45) is 5.92 Å². The molecule has 1 saturated carbocycles. The van der Waals surface area contributed by atoms with Crippen LogP contribution in [-0.2, 0) is 0 Å². The molecule has 10 heavy (non-hydrogen) atoms. The van der Waals surface area contributed by atoms with E-state index in [1.165, 1.54) is 38.9 Å². The summed E-state index contributed by atoms with van der Waals surface area (Å²) in [5.74, 6) is 0.917. The van der Waals surface area contributed by atoms with Gasteiger partial charge in [-0.15, -0.1) is 0 Å². The lowest BCUT2D eigenvalue weighted by Crippen LogP contribution is -2.25. The van der Waals surface area contributed by atoms with Crippen LogP contribution >= 0.6 is 0 Å². The van der Waals surface area contributed by atoms with Gasteiger partial charge in [-0.3, -0.25) is 0 Å². The third-order valence-corrected chi connectivity index (χ3v) is 2.43. The van der Waals surface area contributed by atoms with Gasteiger partial charge < -0.3 is 10.6 Å². The lowest BCUT2D eigenvalue weighted by atomic mass is 10.1. The Hall–Kier alpha value is -0.0800. The van der Waals surface area contributed by atoms with Crippen molar-refractivity contribution in [3.8, 4) is 0 Å². The van der Waals surface area contributed by atoms with Crippen LogP contribution in [0, 0.1) is 5.92 Å². The second kappa shape index (κ2) is 2.89. The summed E-state index contributed by atoms with van der Waals surface area (Å²) in [6.45, 7) is 3.72. The second-order valence-electron chi connectivity index (χ2n) is 3.54. The Morgan fingerprint density at radius 1 is 1.30 bits per heavy atom. The van der Waals surface area contributed by atoms with Crippen LogP contribution in [0.5, 0.6) is 0 Å². The molecule has 2 N–H and O–H groups in total. The molecule has 58 valence electrons. The van der Waals surface area contributed by atoms with E-state index in [9.17, 15) is 0 Å². The lowest BCUT2D eigenvalue weighted by Gasteiger charge is -2.07. The summed E-state index contributed by atoms with van der Waals surface area (Å²) in [5, 5.41) is 6.93. The molecule has 2 rings (SSSR count). The molecule has 1 aliphatic heterocycles. The van der Waals surface area contributed by atoms with E-state index in [1.807, 2.05) is 0 Å². The maximum absolute atomic E-state index is 3.56. The van der Waals surface area contributed by atoms with Crippen molar-refractivity contribution in [1.29, 1.82) is 0 Å². The van der Waals surface area contributed by atoms with Gasteiger partial charge in [0.25, 0.3) is 0 Å². The zero-order valence-corrected chi connectivity index (χ0v) is 6.40. The van der Waals surface area contributed by atoms with Crippen molar-refractivity contribution in [2.75, 3.05) is 19.6 Å². The maximum atomic E-state index is 3.56. The van der Waals surface area contributed by atoms with Crippen molar-refractivity contribution >= 4 is 0 Å². The van der Waals surface area contributed by atoms with Gasteiger partial charge in [0.05, 0.1) is 0 Å². The predicted octanol–water partition coefficient (Wildman–Crippen LogP) is 0.348. The van der Waals surface area contributed by atoms with Gasteiger partial charge >= 0.3 is 0 Å². The molecule has 2 fully saturated rings. The fourth-order valence-corrected chi connectivity index (χ4v) is 1.51. The van der Waals surface area contributed by atoms with Crippen LogP contribution in [0.4, 0.5) is 0 Å². The zero-order valence-electron chi connectivity index (χ0n) is 6.40. The van der Waals surface area contributed by atoms with Gasteiger partial charge in [-0.1, -0.05) is 0 Å².